The van der Waals surface area contributed by atoms with Crippen molar-refractivity contribution in [3.63, 3.8) is 0 Å². The number of hydrogen-bond acceptors (Lipinski definition) is 5. The molecule has 0 amide bonds. The first-order valence-corrected chi connectivity index (χ1v) is 6.07. The molecule has 0 aliphatic carbocycles. The van der Waals surface area contributed by atoms with Crippen molar-refractivity contribution in [1.82, 2.24) is 4.98 Å². The summed E-state index contributed by atoms with van der Waals surface area (Å²) in [5, 5.41) is 14.0. The summed E-state index contributed by atoms with van der Waals surface area (Å²) >= 11 is 5.75. The number of nitro groups is 1. The Balaban J connectivity index is 2.12. The van der Waals surface area contributed by atoms with Gasteiger partial charge in [0.1, 0.15) is 5.15 Å². The molecule has 1 atom stereocenters. The van der Waals surface area contributed by atoms with Crippen molar-refractivity contribution in [2.45, 2.75) is 25.4 Å². The summed E-state index contributed by atoms with van der Waals surface area (Å²) < 4.78 is 5.60. The molecule has 18 heavy (non-hydrogen) atoms. The Morgan fingerprint density at radius 1 is 1.67 bits per heavy atom. The van der Waals surface area contributed by atoms with Crippen molar-refractivity contribution in [2.24, 2.45) is 0 Å². The lowest BCUT2D eigenvalue weighted by Gasteiger charge is -2.23. The van der Waals surface area contributed by atoms with E-state index in [2.05, 4.69) is 10.3 Å². The SMILES string of the molecule is CC1(CNc2nc(Cl)ccc2[N+](=O)[O-])CCCO1. The molecule has 0 radical (unpaired) electrons. The number of halogens is 1. The lowest BCUT2D eigenvalue weighted by atomic mass is 10.0. The van der Waals surface area contributed by atoms with Gasteiger partial charge in [-0.3, -0.25) is 10.1 Å². The standard InChI is InChI=1S/C11H14ClN3O3/c1-11(5-2-6-18-11)7-13-10-8(15(16)17)3-4-9(12)14-10/h3-4H,2,5-7H2,1H3,(H,13,14). The maximum Gasteiger partial charge on any atom is 0.311 e. The average Bonchev–Trinajstić information content (AvgIpc) is 2.74. The van der Waals surface area contributed by atoms with Gasteiger partial charge >= 0.3 is 5.69 Å². The van der Waals surface area contributed by atoms with Gasteiger partial charge in [0.2, 0.25) is 5.82 Å². The molecule has 0 bridgehead atoms. The van der Waals surface area contributed by atoms with Gasteiger partial charge in [-0.1, -0.05) is 11.6 Å². The number of nitrogens with one attached hydrogen (secondary N) is 1. The van der Waals surface area contributed by atoms with Crippen molar-refractivity contribution >= 4 is 23.1 Å². The first-order chi connectivity index (χ1) is 8.50. The van der Waals surface area contributed by atoms with E-state index in [-0.39, 0.29) is 22.3 Å². The van der Waals surface area contributed by atoms with Gasteiger partial charge in [-0.25, -0.2) is 4.98 Å². The van der Waals surface area contributed by atoms with Gasteiger partial charge in [-0.05, 0) is 25.8 Å². The highest BCUT2D eigenvalue weighted by atomic mass is 35.5. The third kappa shape index (κ3) is 2.88. The van der Waals surface area contributed by atoms with Crippen LogP contribution in [0, 0.1) is 10.1 Å². The van der Waals surface area contributed by atoms with Gasteiger partial charge in [0.05, 0.1) is 10.5 Å². The summed E-state index contributed by atoms with van der Waals surface area (Å²) in [5.41, 5.74) is -0.376. The van der Waals surface area contributed by atoms with E-state index in [1.165, 1.54) is 12.1 Å². The number of ether oxygens (including phenoxy) is 1. The summed E-state index contributed by atoms with van der Waals surface area (Å²) in [6.07, 6.45) is 1.93. The molecule has 1 fully saturated rings. The van der Waals surface area contributed by atoms with Gasteiger partial charge in [0.15, 0.2) is 0 Å². The molecule has 2 heterocycles. The van der Waals surface area contributed by atoms with Crippen molar-refractivity contribution in [3.05, 3.63) is 27.4 Å². The normalized spacial score (nSPS) is 23.0. The van der Waals surface area contributed by atoms with E-state index in [9.17, 15) is 10.1 Å². The first-order valence-electron chi connectivity index (χ1n) is 5.69. The van der Waals surface area contributed by atoms with Gasteiger partial charge in [0, 0.05) is 19.2 Å². The van der Waals surface area contributed by atoms with Crippen LogP contribution in [0.1, 0.15) is 19.8 Å². The Bertz CT molecular complexity index is 461. The lowest BCUT2D eigenvalue weighted by Crippen LogP contribution is -2.32. The Morgan fingerprint density at radius 2 is 2.44 bits per heavy atom. The van der Waals surface area contributed by atoms with Crippen LogP contribution < -0.4 is 5.32 Å². The highest BCUT2D eigenvalue weighted by Gasteiger charge is 2.30. The molecule has 1 saturated heterocycles. The Hall–Kier alpha value is -1.40. The predicted molar refractivity (Wildman–Crippen MR) is 68.0 cm³/mol. The molecule has 0 aromatic carbocycles. The fourth-order valence-electron chi connectivity index (χ4n) is 1.95. The number of anilines is 1. The Morgan fingerprint density at radius 3 is 3.06 bits per heavy atom. The molecule has 1 unspecified atom stereocenters. The molecule has 98 valence electrons. The van der Waals surface area contributed by atoms with E-state index in [1.54, 1.807) is 0 Å². The molecule has 1 aliphatic rings. The number of hydrogen-bond donors (Lipinski definition) is 1. The van der Waals surface area contributed by atoms with Gasteiger partial charge in [-0.2, -0.15) is 0 Å². The van der Waals surface area contributed by atoms with Crippen LogP contribution in [0.5, 0.6) is 0 Å². The van der Waals surface area contributed by atoms with Crippen LogP contribution in [0.4, 0.5) is 11.5 Å². The summed E-state index contributed by atoms with van der Waals surface area (Å²) in [6.45, 7) is 3.17. The molecular formula is C11H14ClN3O3. The van der Waals surface area contributed by atoms with Crippen LogP contribution in [0.3, 0.4) is 0 Å². The van der Waals surface area contributed by atoms with Crippen molar-refractivity contribution in [3.8, 4) is 0 Å². The van der Waals surface area contributed by atoms with Crippen LogP contribution in [0.15, 0.2) is 12.1 Å². The minimum Gasteiger partial charge on any atom is -0.373 e. The van der Waals surface area contributed by atoms with Gasteiger partial charge in [-0.15, -0.1) is 0 Å². The summed E-state index contributed by atoms with van der Waals surface area (Å²) in [7, 11) is 0. The largest absolute Gasteiger partial charge is 0.373 e. The average molecular weight is 272 g/mol. The molecule has 2 rings (SSSR count). The zero-order chi connectivity index (χ0) is 13.2. The molecule has 7 heteroatoms. The van der Waals surface area contributed by atoms with E-state index < -0.39 is 4.92 Å². The summed E-state index contributed by atoms with van der Waals surface area (Å²) in [6, 6.07) is 2.74. The van der Waals surface area contributed by atoms with Crippen LogP contribution >= 0.6 is 11.6 Å². The highest BCUT2D eigenvalue weighted by molar-refractivity contribution is 6.29. The molecule has 0 spiro atoms. The first kappa shape index (κ1) is 13.0. The summed E-state index contributed by atoms with van der Waals surface area (Å²) in [5.74, 6) is 0.184. The zero-order valence-corrected chi connectivity index (χ0v) is 10.7. The molecule has 1 aromatic rings. The number of nitrogens with zero attached hydrogens (tertiary/aromatic N) is 2. The second kappa shape index (κ2) is 5.07. The maximum atomic E-state index is 10.9. The Labute approximate surface area is 109 Å². The Kier molecular flexibility index (Phi) is 3.68. The van der Waals surface area contributed by atoms with Crippen LogP contribution in [-0.2, 0) is 4.74 Å². The maximum absolute atomic E-state index is 10.9. The molecule has 1 aliphatic heterocycles. The molecule has 0 saturated carbocycles. The van der Waals surface area contributed by atoms with E-state index in [0.29, 0.717) is 6.54 Å². The minimum atomic E-state index is -0.483. The zero-order valence-electron chi connectivity index (χ0n) is 9.98. The fourth-order valence-corrected chi connectivity index (χ4v) is 2.10. The third-order valence-electron chi connectivity index (χ3n) is 2.97. The number of aromatic nitrogens is 1. The topological polar surface area (TPSA) is 77.3 Å². The second-order valence-electron chi connectivity index (χ2n) is 4.51. The lowest BCUT2D eigenvalue weighted by molar-refractivity contribution is -0.384. The predicted octanol–water partition coefficient (Wildman–Crippen LogP) is 2.62. The van der Waals surface area contributed by atoms with Crippen LogP contribution in [0.25, 0.3) is 0 Å². The smallest absolute Gasteiger partial charge is 0.311 e. The van der Waals surface area contributed by atoms with E-state index in [0.717, 1.165) is 19.4 Å². The molecule has 1 aromatic heterocycles. The van der Waals surface area contributed by atoms with E-state index in [1.807, 2.05) is 6.92 Å². The highest BCUT2D eigenvalue weighted by Crippen LogP contribution is 2.28. The van der Waals surface area contributed by atoms with E-state index >= 15 is 0 Å². The molecule has 1 N–H and O–H groups in total. The van der Waals surface area contributed by atoms with Crippen molar-refractivity contribution < 1.29 is 9.66 Å². The second-order valence-corrected chi connectivity index (χ2v) is 4.90. The monoisotopic (exact) mass is 271 g/mol. The third-order valence-corrected chi connectivity index (χ3v) is 3.18. The quantitative estimate of drug-likeness (QED) is 0.517. The fraction of sp³-hybridized carbons (Fsp3) is 0.545. The van der Waals surface area contributed by atoms with Gasteiger partial charge in [0.25, 0.3) is 0 Å². The number of rotatable bonds is 4. The molecule has 6 nitrogen and oxygen atoms in total. The van der Waals surface area contributed by atoms with Crippen LogP contribution in [-0.4, -0.2) is 28.7 Å². The van der Waals surface area contributed by atoms with E-state index in [4.69, 9.17) is 16.3 Å². The summed E-state index contributed by atoms with van der Waals surface area (Å²) in [4.78, 5) is 14.3. The van der Waals surface area contributed by atoms with Gasteiger partial charge < -0.3 is 10.1 Å². The van der Waals surface area contributed by atoms with Crippen molar-refractivity contribution in [1.29, 1.82) is 0 Å². The van der Waals surface area contributed by atoms with Crippen molar-refractivity contribution in [2.75, 3.05) is 18.5 Å². The minimum absolute atomic E-state index is 0.0824. The molecular weight excluding hydrogens is 258 g/mol. The van der Waals surface area contributed by atoms with Crippen LogP contribution in [0.2, 0.25) is 5.15 Å². The number of pyridine rings is 1.